The largest absolute Gasteiger partial charge is 0.378 e. The van der Waals surface area contributed by atoms with Crippen molar-refractivity contribution in [1.82, 2.24) is 0 Å². The maximum absolute atomic E-state index is 5.92. The molecule has 15 heavy (non-hydrogen) atoms. The van der Waals surface area contributed by atoms with E-state index in [1.807, 2.05) is 6.07 Å². The van der Waals surface area contributed by atoms with E-state index >= 15 is 0 Å². The summed E-state index contributed by atoms with van der Waals surface area (Å²) in [6, 6.07) is 10.4. The number of benzene rings is 1. The lowest BCUT2D eigenvalue weighted by molar-refractivity contribution is 0.331. The van der Waals surface area contributed by atoms with E-state index in [1.54, 1.807) is 0 Å². The Hall–Kier alpha value is -1.02. The Morgan fingerprint density at radius 1 is 1.07 bits per heavy atom. The molecule has 0 aliphatic heterocycles. The van der Waals surface area contributed by atoms with Gasteiger partial charge in [-0.1, -0.05) is 37.5 Å². The molecule has 0 aromatic heterocycles. The van der Waals surface area contributed by atoms with Crippen molar-refractivity contribution >= 4 is 5.69 Å². The summed E-state index contributed by atoms with van der Waals surface area (Å²) >= 11 is 0. The first kappa shape index (κ1) is 10.5. The van der Waals surface area contributed by atoms with Crippen molar-refractivity contribution in [2.75, 3.05) is 11.9 Å². The Kier molecular flexibility index (Phi) is 3.27. The smallest absolute Gasteiger partial charge is 0.0495 e. The number of hydrogen-bond acceptors (Lipinski definition) is 2. The summed E-state index contributed by atoms with van der Waals surface area (Å²) in [5.74, 6) is 0. The van der Waals surface area contributed by atoms with Gasteiger partial charge in [-0.2, -0.15) is 0 Å². The second kappa shape index (κ2) is 4.67. The van der Waals surface area contributed by atoms with E-state index in [1.165, 1.54) is 37.8 Å². The third-order valence-electron chi connectivity index (χ3n) is 3.38. The molecular formula is C13H20N2. The fourth-order valence-electron chi connectivity index (χ4n) is 2.44. The van der Waals surface area contributed by atoms with Gasteiger partial charge < -0.3 is 11.1 Å². The summed E-state index contributed by atoms with van der Waals surface area (Å²) in [5.41, 5.74) is 7.27. The van der Waals surface area contributed by atoms with E-state index in [0.717, 1.165) is 6.54 Å². The monoisotopic (exact) mass is 204 g/mol. The van der Waals surface area contributed by atoms with Crippen LogP contribution in [0.25, 0.3) is 0 Å². The van der Waals surface area contributed by atoms with Crippen LogP contribution in [0.4, 0.5) is 5.69 Å². The molecule has 1 aromatic carbocycles. The van der Waals surface area contributed by atoms with Gasteiger partial charge in [-0.25, -0.2) is 0 Å². The van der Waals surface area contributed by atoms with E-state index in [9.17, 15) is 0 Å². The number of nitrogens with two attached hydrogens (primary N) is 1. The van der Waals surface area contributed by atoms with Crippen LogP contribution in [0.2, 0.25) is 0 Å². The normalized spacial score (nSPS) is 19.8. The Morgan fingerprint density at radius 2 is 1.73 bits per heavy atom. The molecule has 1 aliphatic carbocycles. The van der Waals surface area contributed by atoms with Crippen molar-refractivity contribution in [3.05, 3.63) is 30.3 Å². The van der Waals surface area contributed by atoms with Gasteiger partial charge in [0.05, 0.1) is 0 Å². The molecule has 1 aliphatic rings. The molecule has 2 heteroatoms. The van der Waals surface area contributed by atoms with Gasteiger partial charge in [0.15, 0.2) is 0 Å². The van der Waals surface area contributed by atoms with Crippen LogP contribution in [0.15, 0.2) is 30.3 Å². The zero-order valence-corrected chi connectivity index (χ0v) is 9.21. The minimum absolute atomic E-state index is 0.152. The van der Waals surface area contributed by atoms with Gasteiger partial charge in [-0.15, -0.1) is 0 Å². The first-order valence-corrected chi connectivity index (χ1v) is 5.88. The van der Waals surface area contributed by atoms with Crippen LogP contribution < -0.4 is 11.1 Å². The van der Waals surface area contributed by atoms with Gasteiger partial charge in [0.25, 0.3) is 0 Å². The van der Waals surface area contributed by atoms with Crippen molar-refractivity contribution < 1.29 is 0 Å². The third kappa shape index (κ3) is 2.51. The van der Waals surface area contributed by atoms with Crippen molar-refractivity contribution in [3.63, 3.8) is 0 Å². The maximum Gasteiger partial charge on any atom is 0.0495 e. The van der Waals surface area contributed by atoms with Gasteiger partial charge in [-0.3, -0.25) is 0 Å². The maximum atomic E-state index is 5.92. The van der Waals surface area contributed by atoms with Crippen molar-refractivity contribution in [2.24, 2.45) is 5.73 Å². The van der Waals surface area contributed by atoms with Crippen molar-refractivity contribution in [2.45, 2.75) is 37.6 Å². The first-order chi connectivity index (χ1) is 7.35. The molecule has 82 valence electrons. The highest BCUT2D eigenvalue weighted by Gasteiger charge is 2.29. The summed E-state index contributed by atoms with van der Waals surface area (Å²) in [4.78, 5) is 0. The molecule has 0 atom stereocenters. The van der Waals surface area contributed by atoms with Gasteiger partial charge >= 0.3 is 0 Å². The highest BCUT2D eigenvalue weighted by Crippen LogP contribution is 2.30. The zero-order valence-electron chi connectivity index (χ0n) is 9.21. The van der Waals surface area contributed by atoms with Gasteiger partial charge in [0.1, 0.15) is 0 Å². The lowest BCUT2D eigenvalue weighted by Crippen LogP contribution is -2.46. The van der Waals surface area contributed by atoms with E-state index < -0.39 is 0 Å². The fourth-order valence-corrected chi connectivity index (χ4v) is 2.44. The fraction of sp³-hybridized carbons (Fsp3) is 0.538. The molecule has 0 amide bonds. The van der Waals surface area contributed by atoms with Crippen LogP contribution in [-0.4, -0.2) is 12.1 Å². The number of para-hydroxylation sites is 1. The van der Waals surface area contributed by atoms with Crippen LogP contribution in [0.3, 0.4) is 0 Å². The Morgan fingerprint density at radius 3 is 2.33 bits per heavy atom. The summed E-state index contributed by atoms with van der Waals surface area (Å²) in [7, 11) is 0. The SMILES string of the molecule is NCC1(Nc2ccccc2)CCCCC1. The molecule has 2 rings (SSSR count). The third-order valence-corrected chi connectivity index (χ3v) is 3.38. The lowest BCUT2D eigenvalue weighted by atomic mass is 9.81. The van der Waals surface area contributed by atoms with E-state index in [0.29, 0.717) is 0 Å². The molecule has 1 aromatic rings. The topological polar surface area (TPSA) is 38.0 Å². The molecule has 0 spiro atoms. The lowest BCUT2D eigenvalue weighted by Gasteiger charge is -2.38. The predicted molar refractivity (Wildman–Crippen MR) is 64.9 cm³/mol. The second-order valence-corrected chi connectivity index (χ2v) is 4.54. The molecule has 1 saturated carbocycles. The highest BCUT2D eigenvalue weighted by molar-refractivity contribution is 5.45. The van der Waals surface area contributed by atoms with Crippen molar-refractivity contribution in [1.29, 1.82) is 0 Å². The van der Waals surface area contributed by atoms with Crippen LogP contribution in [0.1, 0.15) is 32.1 Å². The van der Waals surface area contributed by atoms with Crippen LogP contribution in [-0.2, 0) is 0 Å². The molecular weight excluding hydrogens is 184 g/mol. The summed E-state index contributed by atoms with van der Waals surface area (Å²) < 4.78 is 0. The standard InChI is InChI=1S/C13H20N2/c14-11-13(9-5-2-6-10-13)15-12-7-3-1-4-8-12/h1,3-4,7-8,15H,2,5-6,9-11,14H2. The molecule has 3 N–H and O–H groups in total. The molecule has 1 fully saturated rings. The predicted octanol–water partition coefficient (Wildman–Crippen LogP) is 2.76. The van der Waals surface area contributed by atoms with E-state index in [-0.39, 0.29) is 5.54 Å². The average molecular weight is 204 g/mol. The summed E-state index contributed by atoms with van der Waals surface area (Å²) in [5, 5.41) is 3.62. The summed E-state index contributed by atoms with van der Waals surface area (Å²) in [6.07, 6.45) is 6.38. The van der Waals surface area contributed by atoms with E-state index in [4.69, 9.17) is 5.73 Å². The van der Waals surface area contributed by atoms with Gasteiger partial charge in [0.2, 0.25) is 0 Å². The minimum atomic E-state index is 0.152. The number of rotatable bonds is 3. The molecule has 0 unspecified atom stereocenters. The van der Waals surface area contributed by atoms with E-state index in [2.05, 4.69) is 29.6 Å². The second-order valence-electron chi connectivity index (χ2n) is 4.54. The van der Waals surface area contributed by atoms with Crippen molar-refractivity contribution in [3.8, 4) is 0 Å². The molecule has 2 nitrogen and oxygen atoms in total. The molecule has 0 saturated heterocycles. The van der Waals surface area contributed by atoms with Gasteiger partial charge in [-0.05, 0) is 25.0 Å². The molecule has 0 heterocycles. The number of nitrogens with one attached hydrogen (secondary N) is 1. The average Bonchev–Trinajstić information content (AvgIpc) is 2.32. The Labute approximate surface area is 91.9 Å². The molecule has 0 bridgehead atoms. The Bertz CT molecular complexity index is 289. The number of anilines is 1. The van der Waals surface area contributed by atoms with Gasteiger partial charge in [0, 0.05) is 17.8 Å². The summed E-state index contributed by atoms with van der Waals surface area (Å²) in [6.45, 7) is 0.738. The van der Waals surface area contributed by atoms with Crippen LogP contribution in [0, 0.1) is 0 Å². The highest BCUT2D eigenvalue weighted by atomic mass is 15.0. The van der Waals surface area contributed by atoms with Crippen LogP contribution in [0.5, 0.6) is 0 Å². The minimum Gasteiger partial charge on any atom is -0.378 e. The number of hydrogen-bond donors (Lipinski definition) is 2. The quantitative estimate of drug-likeness (QED) is 0.794. The first-order valence-electron chi connectivity index (χ1n) is 5.88. The van der Waals surface area contributed by atoms with Crippen LogP contribution >= 0.6 is 0 Å². The molecule has 0 radical (unpaired) electrons. The zero-order chi connectivity index (χ0) is 10.6. The Balaban J connectivity index is 2.07.